The van der Waals surface area contributed by atoms with Crippen LogP contribution in [0.4, 0.5) is 20.2 Å². The van der Waals surface area contributed by atoms with Gasteiger partial charge in [-0.1, -0.05) is 12.1 Å². The molecule has 0 aliphatic rings. The molecule has 2 N–H and O–H groups in total. The van der Waals surface area contributed by atoms with E-state index in [1.165, 1.54) is 30.3 Å². The zero-order valence-corrected chi connectivity index (χ0v) is 10.9. The second-order valence-electron chi connectivity index (χ2n) is 4.38. The van der Waals surface area contributed by atoms with Crippen molar-refractivity contribution in [2.75, 3.05) is 10.6 Å². The Bertz CT molecular complexity index is 616. The van der Waals surface area contributed by atoms with E-state index in [9.17, 15) is 13.6 Å². The van der Waals surface area contributed by atoms with Gasteiger partial charge in [0.1, 0.15) is 17.7 Å². The topological polar surface area (TPSA) is 41.1 Å². The minimum Gasteiger partial charge on any atom is -0.374 e. The van der Waals surface area contributed by atoms with Crippen molar-refractivity contribution in [2.45, 2.75) is 13.0 Å². The Morgan fingerprint density at radius 1 is 1.00 bits per heavy atom. The molecule has 1 amide bonds. The van der Waals surface area contributed by atoms with Gasteiger partial charge in [-0.2, -0.15) is 0 Å². The van der Waals surface area contributed by atoms with Crippen LogP contribution in [-0.2, 0) is 4.79 Å². The molecule has 2 aromatic carbocycles. The van der Waals surface area contributed by atoms with Gasteiger partial charge < -0.3 is 10.6 Å². The standard InChI is InChI=1S/C15H14F2N2O/c1-10(18-13-6-2-4-11(16)8-13)15(20)19-14-7-3-5-12(17)9-14/h2-10,18H,1H3,(H,19,20). The summed E-state index contributed by atoms with van der Waals surface area (Å²) in [6.07, 6.45) is 0. The smallest absolute Gasteiger partial charge is 0.246 e. The van der Waals surface area contributed by atoms with Crippen molar-refractivity contribution in [3.05, 3.63) is 60.2 Å². The molecule has 5 heteroatoms. The van der Waals surface area contributed by atoms with Gasteiger partial charge in [-0.15, -0.1) is 0 Å². The molecule has 2 rings (SSSR count). The van der Waals surface area contributed by atoms with E-state index in [1.807, 2.05) is 0 Å². The first-order valence-electron chi connectivity index (χ1n) is 6.13. The summed E-state index contributed by atoms with van der Waals surface area (Å²) in [7, 11) is 0. The Kier molecular flexibility index (Phi) is 4.30. The van der Waals surface area contributed by atoms with E-state index >= 15 is 0 Å². The maximum Gasteiger partial charge on any atom is 0.246 e. The molecule has 1 atom stereocenters. The summed E-state index contributed by atoms with van der Waals surface area (Å²) < 4.78 is 26.0. The molecule has 0 aliphatic heterocycles. The third-order valence-corrected chi connectivity index (χ3v) is 2.69. The van der Waals surface area contributed by atoms with Crippen molar-refractivity contribution in [3.63, 3.8) is 0 Å². The number of carbonyl (C=O) groups excluding carboxylic acids is 1. The van der Waals surface area contributed by atoms with Gasteiger partial charge in [0.25, 0.3) is 0 Å². The minimum absolute atomic E-state index is 0.333. The van der Waals surface area contributed by atoms with Gasteiger partial charge in [-0.3, -0.25) is 4.79 Å². The lowest BCUT2D eigenvalue weighted by Crippen LogP contribution is -2.31. The lowest BCUT2D eigenvalue weighted by atomic mass is 10.2. The van der Waals surface area contributed by atoms with Crippen molar-refractivity contribution < 1.29 is 13.6 Å². The third-order valence-electron chi connectivity index (χ3n) is 2.69. The molecular weight excluding hydrogens is 262 g/mol. The highest BCUT2D eigenvalue weighted by atomic mass is 19.1. The van der Waals surface area contributed by atoms with E-state index in [0.29, 0.717) is 11.4 Å². The fraction of sp³-hybridized carbons (Fsp3) is 0.133. The third kappa shape index (κ3) is 3.78. The molecule has 0 saturated carbocycles. The predicted molar refractivity (Wildman–Crippen MR) is 74.5 cm³/mol. The van der Waals surface area contributed by atoms with E-state index in [-0.39, 0.29) is 11.7 Å². The molecule has 0 fully saturated rings. The molecule has 0 heterocycles. The number of benzene rings is 2. The van der Waals surface area contributed by atoms with Crippen molar-refractivity contribution in [2.24, 2.45) is 0 Å². The lowest BCUT2D eigenvalue weighted by molar-refractivity contribution is -0.116. The van der Waals surface area contributed by atoms with Gasteiger partial charge in [-0.25, -0.2) is 8.78 Å². The molecule has 0 spiro atoms. The number of carbonyl (C=O) groups is 1. The number of amides is 1. The molecule has 0 aromatic heterocycles. The molecule has 0 saturated heterocycles. The predicted octanol–water partition coefficient (Wildman–Crippen LogP) is 3.40. The average Bonchev–Trinajstić information content (AvgIpc) is 2.38. The van der Waals surface area contributed by atoms with Gasteiger partial charge in [0.05, 0.1) is 0 Å². The molecule has 0 aliphatic carbocycles. The fourth-order valence-electron chi connectivity index (χ4n) is 1.71. The summed E-state index contributed by atoms with van der Waals surface area (Å²) in [6, 6.07) is 10.9. The molecule has 0 bridgehead atoms. The lowest BCUT2D eigenvalue weighted by Gasteiger charge is -2.15. The van der Waals surface area contributed by atoms with Gasteiger partial charge >= 0.3 is 0 Å². The minimum atomic E-state index is -0.583. The summed E-state index contributed by atoms with van der Waals surface area (Å²) in [5, 5.41) is 5.45. The van der Waals surface area contributed by atoms with Crippen LogP contribution in [0.1, 0.15) is 6.92 Å². The molecular formula is C15H14F2N2O. The normalized spacial score (nSPS) is 11.8. The Balaban J connectivity index is 1.98. The summed E-state index contributed by atoms with van der Waals surface area (Å²) in [5.74, 6) is -1.14. The number of halogens is 2. The van der Waals surface area contributed by atoms with Crippen LogP contribution in [-0.4, -0.2) is 11.9 Å². The highest BCUT2D eigenvalue weighted by Crippen LogP contribution is 2.13. The Morgan fingerprint density at radius 3 is 2.15 bits per heavy atom. The number of hydrogen-bond donors (Lipinski definition) is 2. The fourth-order valence-corrected chi connectivity index (χ4v) is 1.71. The highest BCUT2D eigenvalue weighted by molar-refractivity contribution is 5.96. The van der Waals surface area contributed by atoms with E-state index in [4.69, 9.17) is 0 Å². The zero-order chi connectivity index (χ0) is 14.5. The molecule has 0 radical (unpaired) electrons. The quantitative estimate of drug-likeness (QED) is 0.898. The van der Waals surface area contributed by atoms with Crippen LogP contribution < -0.4 is 10.6 Å². The molecule has 1 unspecified atom stereocenters. The molecule has 20 heavy (non-hydrogen) atoms. The van der Waals surface area contributed by atoms with Crippen LogP contribution in [0.2, 0.25) is 0 Å². The maximum atomic E-state index is 13.0. The number of hydrogen-bond acceptors (Lipinski definition) is 2. The van der Waals surface area contributed by atoms with E-state index in [1.54, 1.807) is 25.1 Å². The number of anilines is 2. The highest BCUT2D eigenvalue weighted by Gasteiger charge is 2.13. The van der Waals surface area contributed by atoms with E-state index < -0.39 is 11.9 Å². The van der Waals surface area contributed by atoms with Gasteiger partial charge in [-0.05, 0) is 43.3 Å². The molecule has 104 valence electrons. The van der Waals surface area contributed by atoms with Crippen LogP contribution in [0.5, 0.6) is 0 Å². The zero-order valence-electron chi connectivity index (χ0n) is 10.9. The summed E-state index contributed by atoms with van der Waals surface area (Å²) in [5.41, 5.74) is 0.884. The first kappa shape index (κ1) is 14.0. The van der Waals surface area contributed by atoms with Crippen LogP contribution in [0, 0.1) is 11.6 Å². The Morgan fingerprint density at radius 2 is 1.55 bits per heavy atom. The Labute approximate surface area is 115 Å². The monoisotopic (exact) mass is 276 g/mol. The summed E-state index contributed by atoms with van der Waals surface area (Å²) in [6.45, 7) is 1.64. The van der Waals surface area contributed by atoms with Crippen LogP contribution in [0.25, 0.3) is 0 Å². The SMILES string of the molecule is CC(Nc1cccc(F)c1)C(=O)Nc1cccc(F)c1. The van der Waals surface area contributed by atoms with Gasteiger partial charge in [0.2, 0.25) is 5.91 Å². The second kappa shape index (κ2) is 6.14. The van der Waals surface area contributed by atoms with Gasteiger partial charge in [0, 0.05) is 11.4 Å². The van der Waals surface area contributed by atoms with Gasteiger partial charge in [0.15, 0.2) is 0 Å². The molecule has 2 aromatic rings. The first-order valence-corrected chi connectivity index (χ1v) is 6.13. The van der Waals surface area contributed by atoms with Crippen molar-refractivity contribution in [1.82, 2.24) is 0 Å². The number of rotatable bonds is 4. The number of nitrogens with one attached hydrogen (secondary N) is 2. The maximum absolute atomic E-state index is 13.0. The average molecular weight is 276 g/mol. The van der Waals surface area contributed by atoms with Crippen LogP contribution >= 0.6 is 0 Å². The van der Waals surface area contributed by atoms with Crippen molar-refractivity contribution in [3.8, 4) is 0 Å². The van der Waals surface area contributed by atoms with Crippen molar-refractivity contribution >= 4 is 17.3 Å². The summed E-state index contributed by atoms with van der Waals surface area (Å²) >= 11 is 0. The molecule has 3 nitrogen and oxygen atoms in total. The van der Waals surface area contributed by atoms with E-state index in [0.717, 1.165) is 0 Å². The van der Waals surface area contributed by atoms with Crippen molar-refractivity contribution in [1.29, 1.82) is 0 Å². The first-order chi connectivity index (χ1) is 9.54. The second-order valence-corrected chi connectivity index (χ2v) is 4.38. The Hall–Kier alpha value is -2.43. The van der Waals surface area contributed by atoms with E-state index in [2.05, 4.69) is 10.6 Å². The largest absolute Gasteiger partial charge is 0.374 e. The van der Waals surface area contributed by atoms with Crippen LogP contribution in [0.15, 0.2) is 48.5 Å². The van der Waals surface area contributed by atoms with Crippen LogP contribution in [0.3, 0.4) is 0 Å². The summed E-state index contributed by atoms with van der Waals surface area (Å²) in [4.78, 5) is 11.9.